The molecule has 9 heteroatoms. The Balaban J connectivity index is 1.16. The first-order chi connectivity index (χ1) is 14.7. The Labute approximate surface area is 174 Å². The molecule has 1 N–H and O–H groups in total. The van der Waals surface area contributed by atoms with E-state index < -0.39 is 0 Å². The average molecular weight is 408 g/mol. The van der Waals surface area contributed by atoms with Crippen molar-refractivity contribution in [2.24, 2.45) is 0 Å². The van der Waals surface area contributed by atoms with Gasteiger partial charge >= 0.3 is 0 Å². The number of hydrogen-bond acceptors (Lipinski definition) is 6. The maximum Gasteiger partial charge on any atom is 0.289 e. The van der Waals surface area contributed by atoms with Gasteiger partial charge in [-0.25, -0.2) is 0 Å². The third-order valence-electron chi connectivity index (χ3n) is 5.13. The van der Waals surface area contributed by atoms with E-state index >= 15 is 0 Å². The van der Waals surface area contributed by atoms with E-state index in [0.717, 1.165) is 18.4 Å². The largest absolute Gasteiger partial charge is 0.459 e. The second-order valence-corrected chi connectivity index (χ2v) is 7.29. The number of aryl methyl sites for hydroxylation is 1. The van der Waals surface area contributed by atoms with Crippen LogP contribution in [0.4, 0.5) is 0 Å². The predicted octanol–water partition coefficient (Wildman–Crippen LogP) is 2.13. The van der Waals surface area contributed by atoms with Crippen molar-refractivity contribution in [3.63, 3.8) is 0 Å². The number of nitrogens with one attached hydrogen (secondary N) is 1. The zero-order valence-electron chi connectivity index (χ0n) is 16.6. The number of amides is 2. The van der Waals surface area contributed by atoms with Gasteiger partial charge in [0.25, 0.3) is 5.91 Å². The lowest BCUT2D eigenvalue weighted by Crippen LogP contribution is -2.46. The number of carbonyl (C=O) groups excluding carboxylic acids is 2. The molecule has 1 saturated heterocycles. The quantitative estimate of drug-likeness (QED) is 0.642. The highest BCUT2D eigenvalue weighted by Gasteiger charge is 2.25. The molecule has 0 unspecified atom stereocenters. The average Bonchev–Trinajstić information content (AvgIpc) is 3.47. The van der Waals surface area contributed by atoms with Crippen molar-refractivity contribution < 1.29 is 14.0 Å². The van der Waals surface area contributed by atoms with Crippen LogP contribution in [0.25, 0.3) is 11.4 Å². The normalized spacial score (nSPS) is 14.6. The number of nitrogens with zero attached hydrogens (tertiary/aromatic N) is 5. The van der Waals surface area contributed by atoms with E-state index in [1.54, 1.807) is 17.0 Å². The summed E-state index contributed by atoms with van der Waals surface area (Å²) in [6, 6.07) is 13.1. The Morgan fingerprint density at radius 3 is 2.63 bits per heavy atom. The Hall–Kier alpha value is -3.49. The third kappa shape index (κ3) is 4.91. The summed E-state index contributed by atoms with van der Waals surface area (Å²) < 4.78 is 5.17. The lowest BCUT2D eigenvalue weighted by molar-refractivity contribution is -0.122. The minimum Gasteiger partial charge on any atom is -0.459 e. The van der Waals surface area contributed by atoms with Crippen molar-refractivity contribution in [1.29, 1.82) is 0 Å². The number of furan rings is 1. The van der Waals surface area contributed by atoms with Crippen LogP contribution in [0.1, 0.15) is 36.2 Å². The fourth-order valence-electron chi connectivity index (χ4n) is 3.50. The minimum atomic E-state index is -0.0972. The molecule has 0 atom stereocenters. The number of carbonyl (C=O) groups is 2. The van der Waals surface area contributed by atoms with Crippen molar-refractivity contribution in [2.45, 2.75) is 38.3 Å². The van der Waals surface area contributed by atoms with Gasteiger partial charge in [0.05, 0.1) is 12.8 Å². The summed E-state index contributed by atoms with van der Waals surface area (Å²) in [7, 11) is 0. The summed E-state index contributed by atoms with van der Waals surface area (Å²) in [5.41, 5.74) is 0.915. The highest BCUT2D eigenvalue weighted by atomic mass is 16.3. The van der Waals surface area contributed by atoms with Gasteiger partial charge in [-0.15, -0.1) is 10.2 Å². The number of rotatable bonds is 7. The van der Waals surface area contributed by atoms with Crippen LogP contribution in [0.5, 0.6) is 0 Å². The number of aromatic nitrogens is 4. The second kappa shape index (κ2) is 9.34. The van der Waals surface area contributed by atoms with Crippen molar-refractivity contribution >= 4 is 11.8 Å². The molecule has 1 aromatic carbocycles. The summed E-state index contributed by atoms with van der Waals surface area (Å²) in [5.74, 6) is 0.847. The van der Waals surface area contributed by atoms with Gasteiger partial charge in [0, 0.05) is 31.1 Å². The van der Waals surface area contributed by atoms with Gasteiger partial charge in [0.15, 0.2) is 5.76 Å². The molecule has 1 aliphatic heterocycles. The topological polar surface area (TPSA) is 106 Å². The summed E-state index contributed by atoms with van der Waals surface area (Å²) in [6.45, 7) is 1.74. The smallest absolute Gasteiger partial charge is 0.289 e. The van der Waals surface area contributed by atoms with Crippen LogP contribution in [0.3, 0.4) is 0 Å². The molecule has 0 aliphatic carbocycles. The first kappa shape index (κ1) is 19.8. The van der Waals surface area contributed by atoms with Crippen LogP contribution in [0.15, 0.2) is 53.1 Å². The Morgan fingerprint density at radius 2 is 1.90 bits per heavy atom. The Morgan fingerprint density at radius 1 is 1.10 bits per heavy atom. The summed E-state index contributed by atoms with van der Waals surface area (Å²) in [4.78, 5) is 27.8. The molecule has 2 aromatic heterocycles. The van der Waals surface area contributed by atoms with E-state index in [1.165, 1.54) is 11.1 Å². The summed E-state index contributed by atoms with van der Waals surface area (Å²) in [5, 5.41) is 15.5. The van der Waals surface area contributed by atoms with Crippen molar-refractivity contribution in [3.05, 3.63) is 54.5 Å². The van der Waals surface area contributed by atoms with Crippen molar-refractivity contribution in [1.82, 2.24) is 30.4 Å². The molecule has 0 radical (unpaired) electrons. The number of tetrazole rings is 1. The summed E-state index contributed by atoms with van der Waals surface area (Å²) >= 11 is 0. The lowest BCUT2D eigenvalue weighted by atomic mass is 10.0. The SMILES string of the molecule is O=C(CCCn1nnc(-c2ccccc2)n1)NC1CCN(C(=O)c2ccco2)CC1. The molecule has 9 nitrogen and oxygen atoms in total. The maximum absolute atomic E-state index is 12.3. The van der Waals surface area contributed by atoms with Crippen molar-refractivity contribution in [2.75, 3.05) is 13.1 Å². The van der Waals surface area contributed by atoms with Crippen molar-refractivity contribution in [3.8, 4) is 11.4 Å². The van der Waals surface area contributed by atoms with Gasteiger partial charge in [0.2, 0.25) is 11.7 Å². The van der Waals surface area contributed by atoms with Crippen LogP contribution in [0, 0.1) is 0 Å². The summed E-state index contributed by atoms with van der Waals surface area (Å²) in [6.07, 6.45) is 4.00. The molecule has 0 saturated carbocycles. The number of hydrogen-bond donors (Lipinski definition) is 1. The van der Waals surface area contributed by atoms with E-state index in [4.69, 9.17) is 4.42 Å². The van der Waals surface area contributed by atoms with Crippen LogP contribution < -0.4 is 5.32 Å². The van der Waals surface area contributed by atoms with Gasteiger partial charge in [-0.05, 0) is 36.6 Å². The minimum absolute atomic E-state index is 0.00853. The zero-order chi connectivity index (χ0) is 20.8. The molecular weight excluding hydrogens is 384 g/mol. The monoisotopic (exact) mass is 408 g/mol. The van der Waals surface area contributed by atoms with E-state index in [1.807, 2.05) is 30.3 Å². The third-order valence-corrected chi connectivity index (χ3v) is 5.13. The van der Waals surface area contributed by atoms with Crippen LogP contribution in [0.2, 0.25) is 0 Å². The first-order valence-electron chi connectivity index (χ1n) is 10.1. The number of benzene rings is 1. The predicted molar refractivity (Wildman–Crippen MR) is 108 cm³/mol. The molecule has 4 rings (SSSR count). The molecular formula is C21H24N6O3. The number of piperidine rings is 1. The molecule has 1 fully saturated rings. The molecule has 2 amide bonds. The van der Waals surface area contributed by atoms with Gasteiger partial charge in [0.1, 0.15) is 0 Å². The fourth-order valence-corrected chi connectivity index (χ4v) is 3.50. The molecule has 156 valence electrons. The molecule has 3 heterocycles. The maximum atomic E-state index is 12.3. The molecule has 1 aliphatic rings. The van der Waals surface area contributed by atoms with Crippen LogP contribution >= 0.6 is 0 Å². The fraction of sp³-hybridized carbons (Fsp3) is 0.381. The van der Waals surface area contributed by atoms with Gasteiger partial charge in [-0.3, -0.25) is 9.59 Å². The zero-order valence-corrected chi connectivity index (χ0v) is 16.6. The standard InChI is InChI=1S/C21H24N6O3/c28-19(9-4-12-27-24-20(23-25-27)16-6-2-1-3-7-16)22-17-10-13-26(14-11-17)21(29)18-8-5-15-30-18/h1-3,5-8,15,17H,4,9-14H2,(H,22,28). The molecule has 0 spiro atoms. The first-order valence-corrected chi connectivity index (χ1v) is 10.1. The molecule has 30 heavy (non-hydrogen) atoms. The lowest BCUT2D eigenvalue weighted by Gasteiger charge is -2.31. The highest BCUT2D eigenvalue weighted by Crippen LogP contribution is 2.15. The second-order valence-electron chi connectivity index (χ2n) is 7.29. The molecule has 0 bridgehead atoms. The van der Waals surface area contributed by atoms with Gasteiger partial charge in [-0.2, -0.15) is 4.80 Å². The van der Waals surface area contributed by atoms with Crippen LogP contribution in [-0.2, 0) is 11.3 Å². The number of likely N-dealkylation sites (tertiary alicyclic amines) is 1. The molecule has 3 aromatic rings. The van der Waals surface area contributed by atoms with E-state index in [0.29, 0.717) is 44.1 Å². The van der Waals surface area contributed by atoms with Crippen LogP contribution in [-0.4, -0.2) is 56.1 Å². The van der Waals surface area contributed by atoms with E-state index in [9.17, 15) is 9.59 Å². The Bertz CT molecular complexity index is 962. The van der Waals surface area contributed by atoms with E-state index in [2.05, 4.69) is 20.7 Å². The van der Waals surface area contributed by atoms with Gasteiger partial charge < -0.3 is 14.6 Å². The van der Waals surface area contributed by atoms with E-state index in [-0.39, 0.29) is 17.9 Å². The Kier molecular flexibility index (Phi) is 6.17. The highest BCUT2D eigenvalue weighted by molar-refractivity contribution is 5.91. The van der Waals surface area contributed by atoms with Gasteiger partial charge in [-0.1, -0.05) is 30.3 Å².